The van der Waals surface area contributed by atoms with E-state index in [-0.39, 0.29) is 5.69 Å². The average Bonchev–Trinajstić information content (AvgIpc) is 2.88. The van der Waals surface area contributed by atoms with Gasteiger partial charge in [-0.05, 0) is 17.0 Å². The third kappa shape index (κ3) is 3.88. The summed E-state index contributed by atoms with van der Waals surface area (Å²) in [7, 11) is 0. The van der Waals surface area contributed by atoms with E-state index in [0.29, 0.717) is 12.5 Å². The van der Waals surface area contributed by atoms with Crippen molar-refractivity contribution in [3.05, 3.63) is 51.5 Å². The Morgan fingerprint density at radius 2 is 2.20 bits per heavy atom. The third-order valence-electron chi connectivity index (χ3n) is 2.99. The first-order valence-electron chi connectivity index (χ1n) is 6.53. The van der Waals surface area contributed by atoms with Crippen molar-refractivity contribution >= 4 is 17.3 Å². The molecule has 0 bridgehead atoms. The molecular formula is C15H18N2O2S. The van der Waals surface area contributed by atoms with Gasteiger partial charge in [0.05, 0.1) is 0 Å². The first-order valence-corrected chi connectivity index (χ1v) is 7.41. The number of nitrogens with one attached hydrogen (secondary N) is 1. The summed E-state index contributed by atoms with van der Waals surface area (Å²) in [6.07, 6.45) is 0. The molecule has 2 aromatic rings. The van der Waals surface area contributed by atoms with E-state index in [1.54, 1.807) is 5.38 Å². The fourth-order valence-electron chi connectivity index (χ4n) is 1.87. The van der Waals surface area contributed by atoms with Gasteiger partial charge in [0, 0.05) is 18.5 Å². The van der Waals surface area contributed by atoms with Crippen LogP contribution in [0.2, 0.25) is 0 Å². The molecule has 0 amide bonds. The first kappa shape index (κ1) is 14.7. The van der Waals surface area contributed by atoms with E-state index in [9.17, 15) is 4.79 Å². The second-order valence-electron chi connectivity index (χ2n) is 4.93. The highest BCUT2D eigenvalue weighted by Crippen LogP contribution is 2.15. The molecule has 106 valence electrons. The molecule has 5 heteroatoms. The summed E-state index contributed by atoms with van der Waals surface area (Å²) in [4.78, 5) is 14.8. The Morgan fingerprint density at radius 1 is 1.40 bits per heavy atom. The molecular weight excluding hydrogens is 272 g/mol. The molecule has 0 saturated heterocycles. The minimum absolute atomic E-state index is 0.119. The predicted molar refractivity (Wildman–Crippen MR) is 80.1 cm³/mol. The van der Waals surface area contributed by atoms with Gasteiger partial charge >= 0.3 is 5.97 Å². The SMILES string of the molecule is CC(C)c1cccc(CNCc2nc(C(=O)O)cs2)c1. The van der Waals surface area contributed by atoms with Crippen LogP contribution in [0.3, 0.4) is 0 Å². The maximum atomic E-state index is 10.7. The molecule has 0 aliphatic carbocycles. The number of hydrogen-bond donors (Lipinski definition) is 2. The van der Waals surface area contributed by atoms with Crippen LogP contribution in [0, 0.1) is 0 Å². The quantitative estimate of drug-likeness (QED) is 0.857. The Hall–Kier alpha value is -1.72. The van der Waals surface area contributed by atoms with Crippen LogP contribution in [0.15, 0.2) is 29.6 Å². The van der Waals surface area contributed by atoms with Crippen molar-refractivity contribution in [1.29, 1.82) is 0 Å². The van der Waals surface area contributed by atoms with E-state index in [0.717, 1.165) is 11.6 Å². The van der Waals surface area contributed by atoms with E-state index in [1.165, 1.54) is 22.5 Å². The first-order chi connectivity index (χ1) is 9.56. The summed E-state index contributed by atoms with van der Waals surface area (Å²) in [6.45, 7) is 5.69. The maximum Gasteiger partial charge on any atom is 0.355 e. The monoisotopic (exact) mass is 290 g/mol. The minimum atomic E-state index is -0.975. The van der Waals surface area contributed by atoms with Crippen molar-refractivity contribution in [2.75, 3.05) is 0 Å². The zero-order chi connectivity index (χ0) is 14.5. The van der Waals surface area contributed by atoms with Crippen LogP contribution < -0.4 is 5.32 Å². The van der Waals surface area contributed by atoms with Gasteiger partial charge < -0.3 is 10.4 Å². The third-order valence-corrected chi connectivity index (χ3v) is 3.84. The van der Waals surface area contributed by atoms with Gasteiger partial charge in [-0.2, -0.15) is 0 Å². The van der Waals surface area contributed by atoms with Gasteiger partial charge in [0.2, 0.25) is 0 Å². The van der Waals surface area contributed by atoms with E-state index in [4.69, 9.17) is 5.11 Å². The molecule has 2 N–H and O–H groups in total. The maximum absolute atomic E-state index is 10.7. The summed E-state index contributed by atoms with van der Waals surface area (Å²) in [5.74, 6) is -0.454. The Bertz CT molecular complexity index is 593. The highest BCUT2D eigenvalue weighted by atomic mass is 32.1. The topological polar surface area (TPSA) is 62.2 Å². The standard InChI is InChI=1S/C15H18N2O2S/c1-10(2)12-5-3-4-11(6-12)7-16-8-14-17-13(9-20-14)15(18)19/h3-6,9-10,16H,7-8H2,1-2H3,(H,18,19). The van der Waals surface area contributed by atoms with Crippen LogP contribution >= 0.6 is 11.3 Å². The lowest BCUT2D eigenvalue weighted by molar-refractivity contribution is 0.0691. The lowest BCUT2D eigenvalue weighted by atomic mass is 10.0. The Balaban J connectivity index is 1.89. The molecule has 4 nitrogen and oxygen atoms in total. The number of thiazole rings is 1. The van der Waals surface area contributed by atoms with Crippen molar-refractivity contribution in [3.8, 4) is 0 Å². The molecule has 0 unspecified atom stereocenters. The summed E-state index contributed by atoms with van der Waals surface area (Å²) in [6, 6.07) is 8.48. The second kappa shape index (κ2) is 6.63. The van der Waals surface area contributed by atoms with E-state index in [2.05, 4.69) is 48.4 Å². The normalized spacial score (nSPS) is 10.9. The molecule has 20 heavy (non-hydrogen) atoms. The zero-order valence-electron chi connectivity index (χ0n) is 11.6. The Kier molecular flexibility index (Phi) is 4.87. The van der Waals surface area contributed by atoms with Gasteiger partial charge in [0.15, 0.2) is 5.69 Å². The van der Waals surface area contributed by atoms with Gasteiger partial charge in [-0.25, -0.2) is 9.78 Å². The van der Waals surface area contributed by atoms with Crippen LogP contribution in [0.1, 0.15) is 46.4 Å². The van der Waals surface area contributed by atoms with Crippen molar-refractivity contribution < 1.29 is 9.90 Å². The fourth-order valence-corrected chi connectivity index (χ4v) is 2.60. The number of benzene rings is 1. The number of carboxylic acid groups (broad SMARTS) is 1. The minimum Gasteiger partial charge on any atom is -0.476 e. The second-order valence-corrected chi connectivity index (χ2v) is 5.88. The van der Waals surface area contributed by atoms with E-state index < -0.39 is 5.97 Å². The summed E-state index contributed by atoms with van der Waals surface area (Å²) < 4.78 is 0. The van der Waals surface area contributed by atoms with Crippen molar-refractivity contribution in [2.24, 2.45) is 0 Å². The lowest BCUT2D eigenvalue weighted by Gasteiger charge is -2.08. The van der Waals surface area contributed by atoms with Crippen molar-refractivity contribution in [3.63, 3.8) is 0 Å². The lowest BCUT2D eigenvalue weighted by Crippen LogP contribution is -2.13. The number of aromatic carboxylic acids is 1. The predicted octanol–water partition coefficient (Wildman–Crippen LogP) is 3.25. The Labute approximate surface area is 122 Å². The van der Waals surface area contributed by atoms with Crippen LogP contribution in [-0.4, -0.2) is 16.1 Å². The average molecular weight is 290 g/mol. The largest absolute Gasteiger partial charge is 0.476 e. The molecule has 0 saturated carbocycles. The smallest absolute Gasteiger partial charge is 0.355 e. The van der Waals surface area contributed by atoms with Gasteiger partial charge in [-0.3, -0.25) is 0 Å². The zero-order valence-corrected chi connectivity index (χ0v) is 12.4. The molecule has 0 spiro atoms. The molecule has 2 rings (SSSR count). The molecule has 0 atom stereocenters. The number of carbonyl (C=O) groups is 1. The molecule has 1 heterocycles. The number of aromatic nitrogens is 1. The molecule has 0 radical (unpaired) electrons. The van der Waals surface area contributed by atoms with Gasteiger partial charge in [0.1, 0.15) is 5.01 Å². The molecule has 1 aromatic carbocycles. The van der Waals surface area contributed by atoms with Crippen molar-refractivity contribution in [1.82, 2.24) is 10.3 Å². The molecule has 0 aliphatic heterocycles. The summed E-state index contributed by atoms with van der Waals surface area (Å²) >= 11 is 1.37. The fraction of sp³-hybridized carbons (Fsp3) is 0.333. The number of carboxylic acids is 1. The summed E-state index contributed by atoms with van der Waals surface area (Å²) in [5, 5.41) is 14.5. The highest BCUT2D eigenvalue weighted by molar-refractivity contribution is 7.09. The number of nitrogens with zero attached hydrogens (tertiary/aromatic N) is 1. The summed E-state index contributed by atoms with van der Waals surface area (Å²) in [5.41, 5.74) is 2.67. The van der Waals surface area contributed by atoms with Gasteiger partial charge in [-0.15, -0.1) is 11.3 Å². The highest BCUT2D eigenvalue weighted by Gasteiger charge is 2.08. The number of rotatable bonds is 6. The van der Waals surface area contributed by atoms with E-state index in [1.807, 2.05) is 0 Å². The Morgan fingerprint density at radius 3 is 2.85 bits per heavy atom. The molecule has 0 aliphatic rings. The van der Waals surface area contributed by atoms with Crippen LogP contribution in [0.4, 0.5) is 0 Å². The molecule has 1 aromatic heterocycles. The number of hydrogen-bond acceptors (Lipinski definition) is 4. The van der Waals surface area contributed by atoms with Crippen LogP contribution in [0.5, 0.6) is 0 Å². The molecule has 0 fully saturated rings. The van der Waals surface area contributed by atoms with Crippen molar-refractivity contribution in [2.45, 2.75) is 32.9 Å². The van der Waals surface area contributed by atoms with Gasteiger partial charge in [0.25, 0.3) is 0 Å². The van der Waals surface area contributed by atoms with Gasteiger partial charge in [-0.1, -0.05) is 38.1 Å². The van der Waals surface area contributed by atoms with E-state index >= 15 is 0 Å². The van der Waals surface area contributed by atoms with Crippen LogP contribution in [0.25, 0.3) is 0 Å². The van der Waals surface area contributed by atoms with Crippen LogP contribution in [-0.2, 0) is 13.1 Å².